The Bertz CT molecular complexity index is 473. The highest BCUT2D eigenvalue weighted by molar-refractivity contribution is 7.89. The molecular weight excluding hydrogens is 240 g/mol. The van der Waals surface area contributed by atoms with Crippen molar-refractivity contribution in [3.05, 3.63) is 18.3 Å². The summed E-state index contributed by atoms with van der Waals surface area (Å²) in [6.07, 6.45) is 1.38. The molecule has 1 rings (SSSR count). The summed E-state index contributed by atoms with van der Waals surface area (Å²) in [6, 6.07) is 2.58. The number of likely N-dealkylation sites (N-methyl/N-ethyl adjacent to an activating group) is 1. The van der Waals surface area contributed by atoms with Gasteiger partial charge in [-0.15, -0.1) is 0 Å². The highest BCUT2D eigenvalue weighted by Gasteiger charge is 2.17. The molecule has 0 aliphatic heterocycles. The first-order valence-electron chi connectivity index (χ1n) is 5.20. The maximum absolute atomic E-state index is 12.0. The third-order valence-corrected chi connectivity index (χ3v) is 3.65. The van der Waals surface area contributed by atoms with Gasteiger partial charge in [-0.1, -0.05) is 0 Å². The van der Waals surface area contributed by atoms with Crippen LogP contribution < -0.4 is 10.5 Å². The molecule has 7 heteroatoms. The van der Waals surface area contributed by atoms with Gasteiger partial charge in [-0.3, -0.25) is 0 Å². The molecule has 0 bridgehead atoms. The fourth-order valence-electron chi connectivity index (χ4n) is 1.51. The highest BCUT2D eigenvalue weighted by atomic mass is 32.2. The number of sulfonamides is 1. The van der Waals surface area contributed by atoms with Gasteiger partial charge in [0.25, 0.3) is 0 Å². The van der Waals surface area contributed by atoms with Crippen molar-refractivity contribution in [2.45, 2.75) is 17.9 Å². The van der Waals surface area contributed by atoms with Crippen molar-refractivity contribution in [3.8, 4) is 0 Å². The number of nitrogen functional groups attached to an aromatic ring is 1. The van der Waals surface area contributed by atoms with Crippen molar-refractivity contribution >= 4 is 15.8 Å². The molecule has 0 spiro atoms. The molecule has 96 valence electrons. The number of rotatable bonds is 5. The van der Waals surface area contributed by atoms with Crippen LogP contribution in [0.2, 0.25) is 0 Å². The van der Waals surface area contributed by atoms with E-state index in [1.807, 2.05) is 25.9 Å². The highest BCUT2D eigenvalue weighted by Crippen LogP contribution is 2.10. The van der Waals surface area contributed by atoms with Crippen molar-refractivity contribution in [2.75, 3.05) is 26.4 Å². The summed E-state index contributed by atoms with van der Waals surface area (Å²) in [5, 5.41) is 0. The van der Waals surface area contributed by atoms with Gasteiger partial charge in [-0.05, 0) is 27.1 Å². The lowest BCUT2D eigenvalue weighted by atomic mass is 10.3. The Kier molecular flexibility index (Phi) is 4.44. The lowest BCUT2D eigenvalue weighted by Gasteiger charge is -2.18. The van der Waals surface area contributed by atoms with Crippen LogP contribution in [0.25, 0.3) is 0 Å². The van der Waals surface area contributed by atoms with Crippen LogP contribution in [0.3, 0.4) is 0 Å². The van der Waals surface area contributed by atoms with Crippen molar-refractivity contribution in [1.29, 1.82) is 0 Å². The van der Waals surface area contributed by atoms with E-state index in [9.17, 15) is 8.42 Å². The molecule has 0 aliphatic carbocycles. The fraction of sp³-hybridized carbons (Fsp3) is 0.500. The average molecular weight is 258 g/mol. The van der Waals surface area contributed by atoms with Gasteiger partial charge < -0.3 is 10.6 Å². The first-order chi connectivity index (χ1) is 7.81. The number of hydrogen-bond acceptors (Lipinski definition) is 5. The topological polar surface area (TPSA) is 88.3 Å². The molecule has 0 fully saturated rings. The van der Waals surface area contributed by atoms with Crippen LogP contribution in [0.4, 0.5) is 5.82 Å². The van der Waals surface area contributed by atoms with Crippen molar-refractivity contribution < 1.29 is 8.42 Å². The molecule has 0 aromatic carbocycles. The Balaban J connectivity index is 2.82. The molecule has 3 N–H and O–H groups in total. The number of pyridine rings is 1. The van der Waals surface area contributed by atoms with Gasteiger partial charge in [-0.25, -0.2) is 18.1 Å². The normalized spacial score (nSPS) is 13.9. The zero-order valence-electron chi connectivity index (χ0n) is 10.2. The van der Waals surface area contributed by atoms with Crippen LogP contribution in [0, 0.1) is 0 Å². The van der Waals surface area contributed by atoms with E-state index in [-0.39, 0.29) is 16.8 Å². The predicted octanol–water partition coefficient (Wildman–Crippen LogP) is -0.108. The standard InChI is InChI=1S/C10H18N4O2S/c1-8(7-14(2)3)13-17(15,16)9-4-5-12-10(11)6-9/h4-6,8,13H,7H2,1-3H3,(H2,11,12). The van der Waals surface area contributed by atoms with Crippen molar-refractivity contribution in [2.24, 2.45) is 0 Å². The molecule has 1 heterocycles. The molecular formula is C10H18N4O2S. The van der Waals surface area contributed by atoms with Crippen LogP contribution in [0.1, 0.15) is 6.92 Å². The Labute approximate surface area is 102 Å². The molecule has 0 aliphatic rings. The monoisotopic (exact) mass is 258 g/mol. The first kappa shape index (κ1) is 13.9. The Hall–Kier alpha value is -1.18. The van der Waals surface area contributed by atoms with E-state index in [1.54, 1.807) is 0 Å². The maximum Gasteiger partial charge on any atom is 0.241 e. The summed E-state index contributed by atoms with van der Waals surface area (Å²) in [5.74, 6) is 0.188. The predicted molar refractivity (Wildman–Crippen MR) is 67.0 cm³/mol. The molecule has 6 nitrogen and oxygen atoms in total. The van der Waals surface area contributed by atoms with Gasteiger partial charge in [0.15, 0.2) is 0 Å². The van der Waals surface area contributed by atoms with Crippen LogP contribution in [-0.4, -0.2) is 45.0 Å². The van der Waals surface area contributed by atoms with Crippen LogP contribution in [0.15, 0.2) is 23.2 Å². The number of nitrogens with one attached hydrogen (secondary N) is 1. The number of nitrogens with two attached hydrogens (primary N) is 1. The molecule has 0 radical (unpaired) electrons. The SMILES string of the molecule is CC(CN(C)C)NS(=O)(=O)c1ccnc(N)c1. The van der Waals surface area contributed by atoms with Crippen molar-refractivity contribution in [1.82, 2.24) is 14.6 Å². The molecule has 0 saturated heterocycles. The molecule has 1 atom stereocenters. The lowest BCUT2D eigenvalue weighted by Crippen LogP contribution is -2.39. The molecule has 0 saturated carbocycles. The molecule has 1 aromatic heterocycles. The van der Waals surface area contributed by atoms with Crippen LogP contribution >= 0.6 is 0 Å². The second-order valence-electron chi connectivity index (χ2n) is 4.20. The lowest BCUT2D eigenvalue weighted by molar-refractivity contribution is 0.370. The average Bonchev–Trinajstić information content (AvgIpc) is 2.15. The van der Waals surface area contributed by atoms with Crippen molar-refractivity contribution in [3.63, 3.8) is 0 Å². The second kappa shape index (κ2) is 5.44. The smallest absolute Gasteiger partial charge is 0.241 e. The van der Waals surface area contributed by atoms with E-state index in [0.29, 0.717) is 6.54 Å². The van der Waals surface area contributed by atoms with E-state index < -0.39 is 10.0 Å². The molecule has 1 unspecified atom stereocenters. The van der Waals surface area contributed by atoms with E-state index in [2.05, 4.69) is 9.71 Å². The maximum atomic E-state index is 12.0. The zero-order chi connectivity index (χ0) is 13.1. The van der Waals surface area contributed by atoms with Gasteiger partial charge in [0, 0.05) is 24.8 Å². The summed E-state index contributed by atoms with van der Waals surface area (Å²) in [7, 11) is 0.244. The number of anilines is 1. The van der Waals surface area contributed by atoms with E-state index in [0.717, 1.165) is 0 Å². The molecule has 1 aromatic rings. The zero-order valence-corrected chi connectivity index (χ0v) is 11.0. The Morgan fingerprint density at radius 3 is 2.71 bits per heavy atom. The minimum Gasteiger partial charge on any atom is -0.384 e. The van der Waals surface area contributed by atoms with Crippen LogP contribution in [-0.2, 0) is 10.0 Å². The largest absolute Gasteiger partial charge is 0.384 e. The molecule has 0 amide bonds. The van der Waals surface area contributed by atoms with Gasteiger partial charge in [0.1, 0.15) is 5.82 Å². The quantitative estimate of drug-likeness (QED) is 0.769. The van der Waals surface area contributed by atoms with E-state index in [1.165, 1.54) is 18.3 Å². The fourth-order valence-corrected chi connectivity index (χ4v) is 2.77. The minimum absolute atomic E-state index is 0.135. The minimum atomic E-state index is -3.52. The summed E-state index contributed by atoms with van der Waals surface area (Å²) >= 11 is 0. The Morgan fingerprint density at radius 1 is 1.53 bits per heavy atom. The number of nitrogens with zero attached hydrogens (tertiary/aromatic N) is 2. The third kappa shape index (κ3) is 4.29. The van der Waals surface area contributed by atoms with Gasteiger partial charge in [0.05, 0.1) is 4.90 Å². The van der Waals surface area contributed by atoms with E-state index >= 15 is 0 Å². The summed E-state index contributed by atoms with van der Waals surface area (Å²) in [4.78, 5) is 5.80. The number of hydrogen-bond donors (Lipinski definition) is 2. The first-order valence-corrected chi connectivity index (χ1v) is 6.68. The summed E-state index contributed by atoms with van der Waals surface area (Å²) in [5.41, 5.74) is 5.46. The molecule has 17 heavy (non-hydrogen) atoms. The second-order valence-corrected chi connectivity index (χ2v) is 5.91. The van der Waals surface area contributed by atoms with Crippen LogP contribution in [0.5, 0.6) is 0 Å². The number of aromatic nitrogens is 1. The van der Waals surface area contributed by atoms with E-state index in [4.69, 9.17) is 5.73 Å². The van der Waals surface area contributed by atoms with Gasteiger partial charge in [0.2, 0.25) is 10.0 Å². The summed E-state index contributed by atoms with van der Waals surface area (Å²) in [6.45, 7) is 2.43. The van der Waals surface area contributed by atoms with Gasteiger partial charge >= 0.3 is 0 Å². The van der Waals surface area contributed by atoms with Gasteiger partial charge in [-0.2, -0.15) is 0 Å². The third-order valence-electron chi connectivity index (χ3n) is 2.06. The summed E-state index contributed by atoms with van der Waals surface area (Å²) < 4.78 is 26.5. The Morgan fingerprint density at radius 2 is 2.18 bits per heavy atom.